The zero-order valence-electron chi connectivity index (χ0n) is 16.9. The van der Waals surface area contributed by atoms with Gasteiger partial charge in [0.1, 0.15) is 0 Å². The van der Waals surface area contributed by atoms with Crippen molar-refractivity contribution in [2.45, 2.75) is 44.0 Å². The molecule has 1 saturated carbocycles. The monoisotopic (exact) mass is 503 g/mol. The zero-order valence-corrected chi connectivity index (χ0v) is 19.2. The molecule has 1 N–H and O–H groups in total. The van der Waals surface area contributed by atoms with E-state index in [2.05, 4.69) is 5.32 Å². The average Bonchev–Trinajstić information content (AvgIpc) is 3.49. The molecule has 1 amide bonds. The molecule has 3 nitrogen and oxygen atoms in total. The predicted octanol–water partition coefficient (Wildman–Crippen LogP) is 7.45. The number of benzene rings is 2. The Morgan fingerprint density at radius 2 is 1.72 bits per heavy atom. The van der Waals surface area contributed by atoms with E-state index in [0.717, 1.165) is 36.8 Å². The van der Waals surface area contributed by atoms with Gasteiger partial charge in [-0.1, -0.05) is 59.1 Å². The molecule has 2 aromatic carbocycles. The number of amides is 1. The van der Waals surface area contributed by atoms with Gasteiger partial charge in [0.2, 0.25) is 11.5 Å². The smallest absolute Gasteiger partial charge is 0.432 e. The molecule has 1 heterocycles. The van der Waals surface area contributed by atoms with Crippen molar-refractivity contribution in [1.82, 2.24) is 5.32 Å². The summed E-state index contributed by atoms with van der Waals surface area (Å²) in [6.45, 7) is 1.87. The summed E-state index contributed by atoms with van der Waals surface area (Å²) in [6, 6.07) is 9.09. The van der Waals surface area contributed by atoms with Crippen molar-refractivity contribution in [2.75, 3.05) is 0 Å². The number of alkyl halides is 3. The minimum atomic E-state index is -4.73. The van der Waals surface area contributed by atoms with Crippen LogP contribution in [-0.2, 0) is 15.1 Å². The van der Waals surface area contributed by atoms with Crippen LogP contribution in [-0.4, -0.2) is 12.1 Å². The molecule has 32 heavy (non-hydrogen) atoms. The summed E-state index contributed by atoms with van der Waals surface area (Å²) in [5, 5.41) is 2.78. The lowest BCUT2D eigenvalue weighted by atomic mass is 9.86. The number of hydrogen-bond acceptors (Lipinski definition) is 2. The minimum absolute atomic E-state index is 0.0147. The molecule has 170 valence electrons. The Hall–Kier alpha value is -1.89. The molecule has 0 saturated heterocycles. The lowest BCUT2D eigenvalue weighted by Gasteiger charge is -2.32. The van der Waals surface area contributed by atoms with E-state index in [1.807, 2.05) is 6.92 Å². The second-order valence-electron chi connectivity index (χ2n) is 8.14. The lowest BCUT2D eigenvalue weighted by molar-refractivity contribution is -0.260. The Labute approximate surface area is 198 Å². The highest BCUT2D eigenvalue weighted by atomic mass is 35.5. The molecular formula is C23H19Cl3F3NO2. The van der Waals surface area contributed by atoms with Gasteiger partial charge in [0.05, 0.1) is 27.4 Å². The van der Waals surface area contributed by atoms with Crippen LogP contribution in [0.2, 0.25) is 15.1 Å². The highest BCUT2D eigenvalue weighted by molar-refractivity contribution is 6.48. The van der Waals surface area contributed by atoms with Crippen LogP contribution in [0.4, 0.5) is 13.2 Å². The van der Waals surface area contributed by atoms with Crippen molar-refractivity contribution in [3.05, 3.63) is 74.4 Å². The number of carbonyl (C=O) groups excluding carboxylic acids is 1. The second-order valence-corrected chi connectivity index (χ2v) is 9.34. The first kappa shape index (κ1) is 23.3. The van der Waals surface area contributed by atoms with Gasteiger partial charge in [-0.05, 0) is 48.6 Å². The number of ether oxygens (including phenoxy) is 1. The zero-order chi connectivity index (χ0) is 23.3. The molecule has 1 aliphatic heterocycles. The molecule has 1 unspecified atom stereocenters. The van der Waals surface area contributed by atoms with Crippen LogP contribution in [0.25, 0.3) is 5.57 Å². The summed E-state index contributed by atoms with van der Waals surface area (Å²) in [7, 11) is 0. The van der Waals surface area contributed by atoms with Gasteiger partial charge in [-0.25, -0.2) is 0 Å². The molecule has 0 bridgehead atoms. The second kappa shape index (κ2) is 8.47. The quantitative estimate of drug-likeness (QED) is 0.429. The van der Waals surface area contributed by atoms with E-state index in [0.29, 0.717) is 11.1 Å². The van der Waals surface area contributed by atoms with Crippen LogP contribution >= 0.6 is 34.8 Å². The maximum atomic E-state index is 14.2. The Balaban J connectivity index is 1.56. The molecule has 4 rings (SSSR count). The standard InChI is InChI=1S/C23H19Cl3F3NO2/c1-12(30-21(31)15-6-7-15)13-2-4-14(5-3-13)16-10-22(32-11-16,23(27,28)29)17-8-18(24)20(26)19(25)9-17/h2-5,8-9,11-12,15H,6-7,10H2,1H3,(H,30,31)/t12-,22?/m0/s1. The van der Waals surface area contributed by atoms with E-state index in [9.17, 15) is 18.0 Å². The van der Waals surface area contributed by atoms with Gasteiger partial charge >= 0.3 is 6.18 Å². The fraction of sp³-hybridized carbons (Fsp3) is 0.348. The number of halogens is 6. The average molecular weight is 505 g/mol. The lowest BCUT2D eigenvalue weighted by Crippen LogP contribution is -2.42. The molecule has 0 spiro atoms. The van der Waals surface area contributed by atoms with Gasteiger partial charge in [-0.3, -0.25) is 4.79 Å². The van der Waals surface area contributed by atoms with E-state index in [1.54, 1.807) is 24.3 Å². The van der Waals surface area contributed by atoms with E-state index in [4.69, 9.17) is 39.5 Å². The van der Waals surface area contributed by atoms with Gasteiger partial charge in [-0.2, -0.15) is 13.2 Å². The first-order chi connectivity index (χ1) is 15.0. The molecule has 1 aliphatic carbocycles. The van der Waals surface area contributed by atoms with Crippen molar-refractivity contribution in [2.24, 2.45) is 5.92 Å². The minimum Gasteiger partial charge on any atom is -0.480 e. The van der Waals surface area contributed by atoms with Crippen molar-refractivity contribution in [3.63, 3.8) is 0 Å². The van der Waals surface area contributed by atoms with Crippen LogP contribution in [0.1, 0.15) is 48.9 Å². The van der Waals surface area contributed by atoms with Crippen molar-refractivity contribution < 1.29 is 22.7 Å². The van der Waals surface area contributed by atoms with E-state index in [1.165, 1.54) is 0 Å². The molecule has 9 heteroatoms. The highest BCUT2D eigenvalue weighted by Crippen LogP contribution is 2.53. The SMILES string of the molecule is C[C@H](NC(=O)C1CC1)c1ccc(C2=COC(c3cc(Cl)c(Cl)c(Cl)c3)(C(F)(F)F)C2)cc1. The number of hydrogen-bond donors (Lipinski definition) is 1. The van der Waals surface area contributed by atoms with Gasteiger partial charge in [-0.15, -0.1) is 0 Å². The van der Waals surface area contributed by atoms with Crippen molar-refractivity contribution in [1.29, 1.82) is 0 Å². The van der Waals surface area contributed by atoms with Crippen molar-refractivity contribution in [3.8, 4) is 0 Å². The fourth-order valence-corrected chi connectivity index (χ4v) is 4.32. The largest absolute Gasteiger partial charge is 0.480 e. The summed E-state index contributed by atoms with van der Waals surface area (Å²) < 4.78 is 47.9. The first-order valence-corrected chi connectivity index (χ1v) is 11.1. The van der Waals surface area contributed by atoms with Crippen LogP contribution < -0.4 is 5.32 Å². The summed E-state index contributed by atoms with van der Waals surface area (Å²) >= 11 is 17.9. The van der Waals surface area contributed by atoms with Crippen LogP contribution in [0, 0.1) is 5.92 Å². The predicted molar refractivity (Wildman–Crippen MR) is 119 cm³/mol. The van der Waals surface area contributed by atoms with Crippen LogP contribution in [0.5, 0.6) is 0 Å². The maximum Gasteiger partial charge on any atom is 0.432 e. The summed E-state index contributed by atoms with van der Waals surface area (Å²) in [5.41, 5.74) is -1.01. The van der Waals surface area contributed by atoms with Crippen LogP contribution in [0.3, 0.4) is 0 Å². The number of rotatable bonds is 5. The van der Waals surface area contributed by atoms with Gasteiger partial charge in [0.25, 0.3) is 0 Å². The summed E-state index contributed by atoms with van der Waals surface area (Å²) in [6.07, 6.45) is -2.23. The van der Waals surface area contributed by atoms with Crippen molar-refractivity contribution >= 4 is 46.3 Å². The molecule has 2 aliphatic rings. The third-order valence-electron chi connectivity index (χ3n) is 5.84. The van der Waals surface area contributed by atoms with E-state index >= 15 is 0 Å². The van der Waals surface area contributed by atoms with Gasteiger partial charge in [0.15, 0.2) is 0 Å². The molecular weight excluding hydrogens is 486 g/mol. The summed E-state index contributed by atoms with van der Waals surface area (Å²) in [4.78, 5) is 12.0. The third kappa shape index (κ3) is 4.33. The normalized spacial score (nSPS) is 21.7. The highest BCUT2D eigenvalue weighted by Gasteiger charge is 2.60. The van der Waals surface area contributed by atoms with Crippen LogP contribution in [0.15, 0.2) is 42.7 Å². The Morgan fingerprint density at radius 3 is 2.25 bits per heavy atom. The molecule has 1 fully saturated rings. The summed E-state index contributed by atoms with van der Waals surface area (Å²) in [5.74, 6) is 0.131. The third-order valence-corrected chi connectivity index (χ3v) is 7.04. The molecule has 0 aromatic heterocycles. The van der Waals surface area contributed by atoms with Gasteiger partial charge < -0.3 is 10.1 Å². The molecule has 2 atom stereocenters. The van der Waals surface area contributed by atoms with E-state index in [-0.39, 0.29) is 38.5 Å². The molecule has 0 radical (unpaired) electrons. The Morgan fingerprint density at radius 1 is 1.12 bits per heavy atom. The first-order valence-electron chi connectivity index (χ1n) is 10.0. The molecule has 2 aromatic rings. The fourth-order valence-electron chi connectivity index (χ4n) is 3.73. The Kier molecular flexibility index (Phi) is 6.16. The number of carbonyl (C=O) groups is 1. The maximum absolute atomic E-state index is 14.2. The van der Waals surface area contributed by atoms with E-state index < -0.39 is 18.2 Å². The number of nitrogens with one attached hydrogen (secondary N) is 1. The topological polar surface area (TPSA) is 38.3 Å². The Bertz CT molecular complexity index is 1060. The van der Waals surface area contributed by atoms with Gasteiger partial charge in [0, 0.05) is 17.9 Å².